The van der Waals surface area contributed by atoms with Gasteiger partial charge in [-0.05, 0) is 31.5 Å². The van der Waals surface area contributed by atoms with Crippen LogP contribution in [0.25, 0.3) is 0 Å². The molecular weight excluding hydrogens is 186 g/mol. The van der Waals surface area contributed by atoms with Gasteiger partial charge in [0, 0.05) is 5.02 Å². The smallest absolute Gasteiger partial charge is 0.142 e. The SMILES string of the molecule is CC[C@H](C)Oc1ccc(Cl)cc1N. The minimum Gasteiger partial charge on any atom is -0.489 e. The Kier molecular flexibility index (Phi) is 3.43. The van der Waals surface area contributed by atoms with Crippen molar-refractivity contribution < 1.29 is 4.74 Å². The maximum absolute atomic E-state index is 5.75. The third-order valence-electron chi connectivity index (χ3n) is 1.87. The highest BCUT2D eigenvalue weighted by molar-refractivity contribution is 6.30. The summed E-state index contributed by atoms with van der Waals surface area (Å²) < 4.78 is 5.57. The number of nitrogen functional groups attached to an aromatic ring is 1. The van der Waals surface area contributed by atoms with Crippen molar-refractivity contribution in [3.63, 3.8) is 0 Å². The number of hydrogen-bond donors (Lipinski definition) is 1. The molecule has 3 heteroatoms. The van der Waals surface area contributed by atoms with Crippen LogP contribution in [0.2, 0.25) is 5.02 Å². The van der Waals surface area contributed by atoms with Crippen LogP contribution in [-0.2, 0) is 0 Å². The molecule has 0 radical (unpaired) electrons. The van der Waals surface area contributed by atoms with Gasteiger partial charge in [-0.3, -0.25) is 0 Å². The molecule has 0 fully saturated rings. The summed E-state index contributed by atoms with van der Waals surface area (Å²) >= 11 is 5.75. The van der Waals surface area contributed by atoms with Gasteiger partial charge < -0.3 is 10.5 Å². The first-order valence-electron chi connectivity index (χ1n) is 4.35. The van der Waals surface area contributed by atoms with E-state index in [9.17, 15) is 0 Å². The number of rotatable bonds is 3. The van der Waals surface area contributed by atoms with E-state index < -0.39 is 0 Å². The lowest BCUT2D eigenvalue weighted by molar-refractivity contribution is 0.219. The van der Waals surface area contributed by atoms with Gasteiger partial charge in [0.25, 0.3) is 0 Å². The van der Waals surface area contributed by atoms with Crippen LogP contribution in [0.5, 0.6) is 5.75 Å². The summed E-state index contributed by atoms with van der Waals surface area (Å²) in [5, 5.41) is 0.633. The molecule has 1 aromatic carbocycles. The molecule has 0 heterocycles. The monoisotopic (exact) mass is 199 g/mol. The molecule has 2 N–H and O–H groups in total. The van der Waals surface area contributed by atoms with Gasteiger partial charge in [0.05, 0.1) is 11.8 Å². The highest BCUT2D eigenvalue weighted by atomic mass is 35.5. The second-order valence-corrected chi connectivity index (χ2v) is 3.46. The number of ether oxygens (including phenoxy) is 1. The zero-order valence-corrected chi connectivity index (χ0v) is 8.64. The van der Waals surface area contributed by atoms with Crippen LogP contribution in [0, 0.1) is 0 Å². The fourth-order valence-corrected chi connectivity index (χ4v) is 1.11. The first-order chi connectivity index (χ1) is 6.13. The Morgan fingerprint density at radius 1 is 1.54 bits per heavy atom. The van der Waals surface area contributed by atoms with Crippen molar-refractivity contribution in [1.29, 1.82) is 0 Å². The van der Waals surface area contributed by atoms with Crippen molar-refractivity contribution in [1.82, 2.24) is 0 Å². The highest BCUT2D eigenvalue weighted by Crippen LogP contribution is 2.26. The molecule has 0 aliphatic carbocycles. The largest absolute Gasteiger partial charge is 0.489 e. The molecule has 72 valence electrons. The zero-order valence-electron chi connectivity index (χ0n) is 7.88. The van der Waals surface area contributed by atoms with E-state index in [1.165, 1.54) is 0 Å². The van der Waals surface area contributed by atoms with Gasteiger partial charge in [-0.25, -0.2) is 0 Å². The number of halogens is 1. The number of benzene rings is 1. The maximum Gasteiger partial charge on any atom is 0.142 e. The number of nitrogens with two attached hydrogens (primary N) is 1. The van der Waals surface area contributed by atoms with E-state index in [1.54, 1.807) is 18.2 Å². The Labute approximate surface area is 83.6 Å². The summed E-state index contributed by atoms with van der Waals surface area (Å²) in [5.41, 5.74) is 6.31. The predicted molar refractivity (Wildman–Crippen MR) is 56.2 cm³/mol. The molecule has 2 nitrogen and oxygen atoms in total. The molecule has 0 aliphatic heterocycles. The lowest BCUT2D eigenvalue weighted by Gasteiger charge is -2.14. The fraction of sp³-hybridized carbons (Fsp3) is 0.400. The van der Waals surface area contributed by atoms with Crippen LogP contribution >= 0.6 is 11.6 Å². The second kappa shape index (κ2) is 4.38. The summed E-state index contributed by atoms with van der Waals surface area (Å²) in [6, 6.07) is 5.26. The van der Waals surface area contributed by atoms with E-state index in [1.807, 2.05) is 6.92 Å². The molecule has 1 atom stereocenters. The van der Waals surface area contributed by atoms with Crippen LogP contribution in [0.15, 0.2) is 18.2 Å². The van der Waals surface area contributed by atoms with Crippen LogP contribution < -0.4 is 10.5 Å². The molecule has 0 saturated heterocycles. The molecule has 1 rings (SSSR count). The summed E-state index contributed by atoms with van der Waals surface area (Å²) in [6.07, 6.45) is 1.14. The van der Waals surface area contributed by atoms with Gasteiger partial charge >= 0.3 is 0 Å². The minimum atomic E-state index is 0.184. The van der Waals surface area contributed by atoms with Gasteiger partial charge in [0.15, 0.2) is 0 Å². The van der Waals surface area contributed by atoms with E-state index in [2.05, 4.69) is 6.92 Å². The van der Waals surface area contributed by atoms with Gasteiger partial charge in [0.1, 0.15) is 5.75 Å². The molecule has 0 aromatic heterocycles. The topological polar surface area (TPSA) is 35.2 Å². The molecule has 0 spiro atoms. The normalized spacial score (nSPS) is 12.5. The average Bonchev–Trinajstić information content (AvgIpc) is 2.09. The summed E-state index contributed by atoms with van der Waals surface area (Å²) in [5.74, 6) is 0.707. The van der Waals surface area contributed by atoms with Crippen molar-refractivity contribution in [2.75, 3.05) is 5.73 Å². The van der Waals surface area contributed by atoms with E-state index in [0.29, 0.717) is 16.5 Å². The van der Waals surface area contributed by atoms with Crippen LogP contribution in [0.4, 0.5) is 5.69 Å². The third kappa shape index (κ3) is 2.81. The molecule has 0 unspecified atom stereocenters. The minimum absolute atomic E-state index is 0.184. The van der Waals surface area contributed by atoms with Gasteiger partial charge in [0.2, 0.25) is 0 Å². The van der Waals surface area contributed by atoms with E-state index >= 15 is 0 Å². The van der Waals surface area contributed by atoms with Crippen LogP contribution in [-0.4, -0.2) is 6.10 Å². The van der Waals surface area contributed by atoms with Crippen LogP contribution in [0.1, 0.15) is 20.3 Å². The predicted octanol–water partition coefficient (Wildman–Crippen LogP) is 3.10. The average molecular weight is 200 g/mol. The second-order valence-electron chi connectivity index (χ2n) is 3.02. The molecule has 0 aliphatic rings. The number of hydrogen-bond acceptors (Lipinski definition) is 2. The number of anilines is 1. The van der Waals surface area contributed by atoms with Gasteiger partial charge in [-0.1, -0.05) is 18.5 Å². The molecule has 13 heavy (non-hydrogen) atoms. The van der Waals surface area contributed by atoms with Crippen molar-refractivity contribution >= 4 is 17.3 Å². The Balaban J connectivity index is 2.77. The Hall–Kier alpha value is -0.890. The first kappa shape index (κ1) is 10.2. The van der Waals surface area contributed by atoms with E-state index in [0.717, 1.165) is 6.42 Å². The van der Waals surface area contributed by atoms with Crippen molar-refractivity contribution in [3.05, 3.63) is 23.2 Å². The molecule has 1 aromatic rings. The van der Waals surface area contributed by atoms with Gasteiger partial charge in [-0.15, -0.1) is 0 Å². The molecule has 0 saturated carbocycles. The molecule has 0 amide bonds. The maximum atomic E-state index is 5.75. The van der Waals surface area contributed by atoms with Crippen molar-refractivity contribution in [2.24, 2.45) is 0 Å². The standard InChI is InChI=1S/C10H14ClNO/c1-3-7(2)13-10-5-4-8(11)6-9(10)12/h4-7H,3,12H2,1-2H3/t7-/m0/s1. The summed E-state index contributed by atoms with van der Waals surface area (Å²) in [7, 11) is 0. The van der Waals surface area contributed by atoms with Crippen LogP contribution in [0.3, 0.4) is 0 Å². The Morgan fingerprint density at radius 2 is 2.23 bits per heavy atom. The van der Waals surface area contributed by atoms with Gasteiger partial charge in [-0.2, -0.15) is 0 Å². The fourth-order valence-electron chi connectivity index (χ4n) is 0.927. The molecule has 0 bridgehead atoms. The van der Waals surface area contributed by atoms with E-state index in [4.69, 9.17) is 22.1 Å². The Bertz CT molecular complexity index is 288. The third-order valence-corrected chi connectivity index (χ3v) is 2.11. The van der Waals surface area contributed by atoms with E-state index in [-0.39, 0.29) is 6.10 Å². The molecular formula is C10H14ClNO. The summed E-state index contributed by atoms with van der Waals surface area (Å²) in [4.78, 5) is 0. The lowest BCUT2D eigenvalue weighted by atomic mass is 10.3. The lowest BCUT2D eigenvalue weighted by Crippen LogP contribution is -2.10. The van der Waals surface area contributed by atoms with Crippen molar-refractivity contribution in [2.45, 2.75) is 26.4 Å². The quantitative estimate of drug-likeness (QED) is 0.760. The highest BCUT2D eigenvalue weighted by Gasteiger charge is 2.04. The van der Waals surface area contributed by atoms with Crippen molar-refractivity contribution in [3.8, 4) is 5.75 Å². The Morgan fingerprint density at radius 3 is 2.77 bits per heavy atom. The first-order valence-corrected chi connectivity index (χ1v) is 4.73. The zero-order chi connectivity index (χ0) is 9.84. The summed E-state index contributed by atoms with van der Waals surface area (Å²) in [6.45, 7) is 4.07.